The summed E-state index contributed by atoms with van der Waals surface area (Å²) >= 11 is 1.96. The molecular formula is C16H25NOS. The van der Waals surface area contributed by atoms with Crippen LogP contribution in [0.25, 0.3) is 0 Å². The SMILES string of the molecule is CNC1CCC(C)(C)CC1Sc1ccccc1OC. The molecule has 3 heteroatoms. The molecule has 0 heterocycles. The van der Waals surface area contributed by atoms with Crippen molar-refractivity contribution in [2.24, 2.45) is 5.41 Å². The summed E-state index contributed by atoms with van der Waals surface area (Å²) in [4.78, 5) is 1.26. The summed E-state index contributed by atoms with van der Waals surface area (Å²) < 4.78 is 5.47. The van der Waals surface area contributed by atoms with Gasteiger partial charge in [0.2, 0.25) is 0 Å². The minimum absolute atomic E-state index is 0.451. The fraction of sp³-hybridized carbons (Fsp3) is 0.625. The third-order valence-corrected chi connectivity index (χ3v) is 5.44. The van der Waals surface area contributed by atoms with Crippen LogP contribution in [0.3, 0.4) is 0 Å². The lowest BCUT2D eigenvalue weighted by molar-refractivity contribution is 0.218. The summed E-state index contributed by atoms with van der Waals surface area (Å²) in [6.45, 7) is 4.77. The van der Waals surface area contributed by atoms with Crippen LogP contribution in [0.1, 0.15) is 33.1 Å². The lowest BCUT2D eigenvalue weighted by Crippen LogP contribution is -2.43. The van der Waals surface area contributed by atoms with Gasteiger partial charge in [0, 0.05) is 16.2 Å². The summed E-state index contributed by atoms with van der Waals surface area (Å²) in [6, 6.07) is 8.93. The highest BCUT2D eigenvalue weighted by molar-refractivity contribution is 8.00. The van der Waals surface area contributed by atoms with Crippen LogP contribution in [0.4, 0.5) is 0 Å². The van der Waals surface area contributed by atoms with Crippen LogP contribution < -0.4 is 10.1 Å². The van der Waals surface area contributed by atoms with Gasteiger partial charge in [-0.15, -0.1) is 11.8 Å². The number of benzene rings is 1. The average molecular weight is 279 g/mol. The van der Waals surface area contributed by atoms with E-state index in [-0.39, 0.29) is 0 Å². The zero-order valence-corrected chi connectivity index (χ0v) is 13.2. The van der Waals surface area contributed by atoms with Crippen LogP contribution in [0.5, 0.6) is 5.75 Å². The Bertz CT molecular complexity index is 419. The molecule has 1 aromatic carbocycles. The predicted molar refractivity (Wildman–Crippen MR) is 83.1 cm³/mol. The van der Waals surface area contributed by atoms with Crippen molar-refractivity contribution in [3.8, 4) is 5.75 Å². The second-order valence-electron chi connectivity index (χ2n) is 6.11. The maximum atomic E-state index is 5.47. The molecular weight excluding hydrogens is 254 g/mol. The minimum atomic E-state index is 0.451. The standard InChI is InChI=1S/C16H25NOS/c1-16(2)10-9-12(17-3)15(11-16)19-14-8-6-5-7-13(14)18-4/h5-8,12,15,17H,9-11H2,1-4H3. The molecule has 2 rings (SSSR count). The molecule has 19 heavy (non-hydrogen) atoms. The van der Waals surface area contributed by atoms with Gasteiger partial charge in [-0.2, -0.15) is 0 Å². The van der Waals surface area contributed by atoms with Crippen LogP contribution in [0.2, 0.25) is 0 Å². The molecule has 1 aliphatic carbocycles. The van der Waals surface area contributed by atoms with Crippen molar-refractivity contribution in [1.29, 1.82) is 0 Å². The number of hydrogen-bond acceptors (Lipinski definition) is 3. The van der Waals surface area contributed by atoms with Crippen molar-refractivity contribution >= 4 is 11.8 Å². The first kappa shape index (κ1) is 14.7. The largest absolute Gasteiger partial charge is 0.496 e. The molecule has 0 aromatic heterocycles. The molecule has 0 bridgehead atoms. The second-order valence-corrected chi connectivity index (χ2v) is 7.39. The minimum Gasteiger partial charge on any atom is -0.496 e. The molecule has 0 amide bonds. The van der Waals surface area contributed by atoms with Gasteiger partial charge < -0.3 is 10.1 Å². The number of hydrogen-bond donors (Lipinski definition) is 1. The van der Waals surface area contributed by atoms with Crippen molar-refractivity contribution in [3.63, 3.8) is 0 Å². The Morgan fingerprint density at radius 1 is 1.32 bits per heavy atom. The number of para-hydroxylation sites is 1. The molecule has 1 aromatic rings. The van der Waals surface area contributed by atoms with Gasteiger partial charge in [-0.3, -0.25) is 0 Å². The van der Waals surface area contributed by atoms with E-state index in [1.54, 1.807) is 7.11 Å². The average Bonchev–Trinajstić information content (AvgIpc) is 2.39. The fourth-order valence-electron chi connectivity index (χ4n) is 2.85. The molecule has 2 atom stereocenters. The van der Waals surface area contributed by atoms with Crippen LogP contribution in [-0.4, -0.2) is 25.4 Å². The van der Waals surface area contributed by atoms with E-state index in [1.165, 1.54) is 24.2 Å². The van der Waals surface area contributed by atoms with Gasteiger partial charge in [-0.25, -0.2) is 0 Å². The van der Waals surface area contributed by atoms with Crippen molar-refractivity contribution < 1.29 is 4.74 Å². The van der Waals surface area contributed by atoms with Gasteiger partial charge in [0.05, 0.1) is 7.11 Å². The highest BCUT2D eigenvalue weighted by Crippen LogP contribution is 2.44. The van der Waals surface area contributed by atoms with E-state index in [4.69, 9.17) is 4.74 Å². The Morgan fingerprint density at radius 3 is 2.74 bits per heavy atom. The van der Waals surface area contributed by atoms with Crippen molar-refractivity contribution in [2.75, 3.05) is 14.2 Å². The Kier molecular flexibility index (Phi) is 4.80. The van der Waals surface area contributed by atoms with Crippen LogP contribution in [-0.2, 0) is 0 Å². The van der Waals surface area contributed by atoms with Gasteiger partial charge in [0.15, 0.2) is 0 Å². The molecule has 1 fully saturated rings. The van der Waals surface area contributed by atoms with Gasteiger partial charge >= 0.3 is 0 Å². The van der Waals surface area contributed by atoms with E-state index in [2.05, 4.69) is 38.3 Å². The Morgan fingerprint density at radius 2 is 2.05 bits per heavy atom. The van der Waals surface area contributed by atoms with Gasteiger partial charge in [-0.05, 0) is 43.9 Å². The smallest absolute Gasteiger partial charge is 0.132 e. The summed E-state index contributed by atoms with van der Waals surface area (Å²) in [5, 5.41) is 4.10. The molecule has 106 valence electrons. The van der Waals surface area contributed by atoms with Crippen LogP contribution in [0.15, 0.2) is 29.2 Å². The highest BCUT2D eigenvalue weighted by atomic mass is 32.2. The summed E-state index contributed by atoms with van der Waals surface area (Å²) in [7, 11) is 3.83. The van der Waals surface area contributed by atoms with E-state index in [1.807, 2.05) is 23.9 Å². The topological polar surface area (TPSA) is 21.3 Å². The van der Waals surface area contributed by atoms with Crippen molar-refractivity contribution in [1.82, 2.24) is 5.32 Å². The molecule has 2 unspecified atom stereocenters. The normalized spacial score (nSPS) is 26.1. The molecule has 0 radical (unpaired) electrons. The Labute approximate surface area is 121 Å². The quantitative estimate of drug-likeness (QED) is 0.901. The lowest BCUT2D eigenvalue weighted by atomic mass is 9.75. The summed E-state index contributed by atoms with van der Waals surface area (Å²) in [5.41, 5.74) is 0.451. The zero-order chi connectivity index (χ0) is 13.9. The Balaban J connectivity index is 2.14. The number of methoxy groups -OCH3 is 1. The van der Waals surface area contributed by atoms with Gasteiger partial charge in [-0.1, -0.05) is 26.0 Å². The first-order valence-electron chi connectivity index (χ1n) is 7.03. The Hall–Kier alpha value is -0.670. The summed E-state index contributed by atoms with van der Waals surface area (Å²) in [5.74, 6) is 0.991. The summed E-state index contributed by atoms with van der Waals surface area (Å²) in [6.07, 6.45) is 3.82. The highest BCUT2D eigenvalue weighted by Gasteiger charge is 2.35. The molecule has 1 N–H and O–H groups in total. The van der Waals surface area contributed by atoms with Gasteiger partial charge in [0.25, 0.3) is 0 Å². The fourth-order valence-corrected chi connectivity index (χ4v) is 4.58. The first-order chi connectivity index (χ1) is 9.05. The van der Waals surface area contributed by atoms with E-state index >= 15 is 0 Å². The second kappa shape index (κ2) is 6.19. The third kappa shape index (κ3) is 3.67. The van der Waals surface area contributed by atoms with Crippen molar-refractivity contribution in [3.05, 3.63) is 24.3 Å². The number of nitrogens with one attached hydrogen (secondary N) is 1. The number of ether oxygens (including phenoxy) is 1. The molecule has 0 aliphatic heterocycles. The van der Waals surface area contributed by atoms with Crippen LogP contribution >= 0.6 is 11.8 Å². The first-order valence-corrected chi connectivity index (χ1v) is 7.90. The lowest BCUT2D eigenvalue weighted by Gasteiger charge is -2.40. The number of thioether (sulfide) groups is 1. The van der Waals surface area contributed by atoms with E-state index in [0.717, 1.165) is 5.75 Å². The molecule has 2 nitrogen and oxygen atoms in total. The molecule has 1 aliphatic rings. The number of rotatable bonds is 4. The maximum Gasteiger partial charge on any atom is 0.132 e. The van der Waals surface area contributed by atoms with Crippen LogP contribution in [0, 0.1) is 5.41 Å². The third-order valence-electron chi connectivity index (χ3n) is 4.05. The zero-order valence-electron chi connectivity index (χ0n) is 12.4. The van der Waals surface area contributed by atoms with Gasteiger partial charge in [0.1, 0.15) is 5.75 Å². The molecule has 0 saturated heterocycles. The maximum absolute atomic E-state index is 5.47. The monoisotopic (exact) mass is 279 g/mol. The van der Waals surface area contributed by atoms with E-state index < -0.39 is 0 Å². The van der Waals surface area contributed by atoms with E-state index in [0.29, 0.717) is 16.7 Å². The predicted octanol–water partition coefficient (Wildman–Crippen LogP) is 3.95. The molecule has 1 saturated carbocycles. The molecule has 0 spiro atoms. The van der Waals surface area contributed by atoms with E-state index in [9.17, 15) is 0 Å². The van der Waals surface area contributed by atoms with Crippen molar-refractivity contribution in [2.45, 2.75) is 49.3 Å².